The summed E-state index contributed by atoms with van der Waals surface area (Å²) in [6.45, 7) is 3.66. The molecule has 0 radical (unpaired) electrons. The van der Waals surface area contributed by atoms with E-state index >= 15 is 0 Å². The van der Waals surface area contributed by atoms with Crippen LogP contribution in [0.1, 0.15) is 12.5 Å². The maximum absolute atomic E-state index is 12.3. The maximum Gasteiger partial charge on any atom is 0.237 e. The normalized spacial score (nSPS) is 12.3. The van der Waals surface area contributed by atoms with Gasteiger partial charge in [0.2, 0.25) is 11.8 Å². The molecule has 0 aromatic heterocycles. The quantitative estimate of drug-likeness (QED) is 0.737. The summed E-state index contributed by atoms with van der Waals surface area (Å²) in [6.07, 6.45) is 1.11. The first-order valence-electron chi connectivity index (χ1n) is 8.24. The van der Waals surface area contributed by atoms with Gasteiger partial charge in [-0.05, 0) is 44.2 Å². The van der Waals surface area contributed by atoms with Crippen LogP contribution >= 0.6 is 11.8 Å². The fourth-order valence-corrected chi connectivity index (χ4v) is 3.51. The van der Waals surface area contributed by atoms with Crippen molar-refractivity contribution in [2.45, 2.75) is 24.0 Å². The highest BCUT2D eigenvalue weighted by atomic mass is 32.2. The van der Waals surface area contributed by atoms with Gasteiger partial charge in [-0.15, -0.1) is 11.8 Å². The second-order valence-corrected chi connectivity index (χ2v) is 9.50. The molecule has 1 atom stereocenters. The van der Waals surface area contributed by atoms with E-state index in [2.05, 4.69) is 10.6 Å². The molecule has 2 aromatic carbocycles. The van der Waals surface area contributed by atoms with Gasteiger partial charge in [-0.3, -0.25) is 9.59 Å². The summed E-state index contributed by atoms with van der Waals surface area (Å²) < 4.78 is 23.2. The highest BCUT2D eigenvalue weighted by molar-refractivity contribution is 8.01. The molecule has 0 aliphatic rings. The number of nitrogens with one attached hydrogen (secondary N) is 2. The molecule has 0 fully saturated rings. The van der Waals surface area contributed by atoms with Crippen molar-refractivity contribution in [3.63, 3.8) is 0 Å². The van der Waals surface area contributed by atoms with Crippen molar-refractivity contribution in [3.8, 4) is 0 Å². The smallest absolute Gasteiger partial charge is 0.237 e. The van der Waals surface area contributed by atoms with Crippen molar-refractivity contribution in [2.24, 2.45) is 0 Å². The molecule has 144 valence electrons. The standard InChI is InChI=1S/C19H22N2O4S2/c1-13-7-9-15(10-8-13)20-18(22)12-26-14(2)19(23)21-16-5-4-6-17(11-16)27(3,24)25/h4-11,14H,12H2,1-3H3,(H,20,22)(H,21,23). The summed E-state index contributed by atoms with van der Waals surface area (Å²) in [5.74, 6) is -0.359. The number of thioether (sulfide) groups is 1. The first-order valence-corrected chi connectivity index (χ1v) is 11.2. The Morgan fingerprint density at radius 3 is 2.33 bits per heavy atom. The van der Waals surface area contributed by atoms with Crippen LogP contribution in [0.5, 0.6) is 0 Å². The maximum atomic E-state index is 12.3. The van der Waals surface area contributed by atoms with Crippen molar-refractivity contribution in [3.05, 3.63) is 54.1 Å². The van der Waals surface area contributed by atoms with Crippen molar-refractivity contribution >= 4 is 44.8 Å². The summed E-state index contributed by atoms with van der Waals surface area (Å²) in [7, 11) is -3.34. The third-order valence-electron chi connectivity index (χ3n) is 3.70. The van der Waals surface area contributed by atoms with Crippen LogP contribution in [0, 0.1) is 6.92 Å². The van der Waals surface area contributed by atoms with E-state index in [1.54, 1.807) is 19.1 Å². The van der Waals surface area contributed by atoms with Crippen LogP contribution in [0.3, 0.4) is 0 Å². The minimum absolute atomic E-state index is 0.131. The van der Waals surface area contributed by atoms with Crippen LogP contribution in [-0.2, 0) is 19.4 Å². The molecule has 2 aromatic rings. The molecule has 0 saturated heterocycles. The van der Waals surface area contributed by atoms with Crippen LogP contribution in [0.4, 0.5) is 11.4 Å². The Hall–Kier alpha value is -2.32. The lowest BCUT2D eigenvalue weighted by Crippen LogP contribution is -2.25. The predicted octanol–water partition coefficient (Wildman–Crippen LogP) is 3.10. The third kappa shape index (κ3) is 6.73. The monoisotopic (exact) mass is 406 g/mol. The number of aryl methyl sites for hydroxylation is 1. The number of carbonyl (C=O) groups is 2. The topological polar surface area (TPSA) is 92.3 Å². The van der Waals surface area contributed by atoms with E-state index in [0.29, 0.717) is 11.4 Å². The number of carbonyl (C=O) groups excluding carboxylic acids is 2. The van der Waals surface area contributed by atoms with E-state index in [1.807, 2.05) is 31.2 Å². The minimum Gasteiger partial charge on any atom is -0.325 e. The van der Waals surface area contributed by atoms with Gasteiger partial charge in [0.15, 0.2) is 9.84 Å². The van der Waals surface area contributed by atoms with E-state index in [0.717, 1.165) is 11.8 Å². The predicted molar refractivity (Wildman–Crippen MR) is 110 cm³/mol. The van der Waals surface area contributed by atoms with Gasteiger partial charge < -0.3 is 10.6 Å². The summed E-state index contributed by atoms with van der Waals surface area (Å²) in [6, 6.07) is 13.5. The van der Waals surface area contributed by atoms with Gasteiger partial charge in [-0.2, -0.15) is 0 Å². The molecule has 0 bridgehead atoms. The molecule has 2 rings (SSSR count). The fraction of sp³-hybridized carbons (Fsp3) is 0.263. The van der Waals surface area contributed by atoms with Gasteiger partial charge in [0, 0.05) is 17.6 Å². The number of anilines is 2. The molecule has 0 saturated carbocycles. The number of hydrogen-bond acceptors (Lipinski definition) is 5. The Morgan fingerprint density at radius 2 is 1.70 bits per heavy atom. The van der Waals surface area contributed by atoms with Crippen LogP contribution in [0.15, 0.2) is 53.4 Å². The number of sulfone groups is 1. The number of benzene rings is 2. The number of amides is 2. The molecule has 2 amide bonds. The van der Waals surface area contributed by atoms with Crippen LogP contribution in [0.25, 0.3) is 0 Å². The molecule has 0 heterocycles. The lowest BCUT2D eigenvalue weighted by atomic mass is 10.2. The van der Waals surface area contributed by atoms with Crippen LogP contribution in [-0.4, -0.2) is 37.5 Å². The average Bonchev–Trinajstić information content (AvgIpc) is 2.61. The second-order valence-electron chi connectivity index (χ2n) is 6.16. The fourth-order valence-electron chi connectivity index (χ4n) is 2.16. The zero-order valence-corrected chi connectivity index (χ0v) is 17.0. The molecule has 0 aliphatic heterocycles. The van der Waals surface area contributed by atoms with Gasteiger partial charge in [0.25, 0.3) is 0 Å². The van der Waals surface area contributed by atoms with E-state index in [1.165, 1.54) is 23.9 Å². The van der Waals surface area contributed by atoms with E-state index in [4.69, 9.17) is 0 Å². The van der Waals surface area contributed by atoms with Gasteiger partial charge in [0.05, 0.1) is 15.9 Å². The van der Waals surface area contributed by atoms with Crippen molar-refractivity contribution in [1.82, 2.24) is 0 Å². The van der Waals surface area contributed by atoms with Gasteiger partial charge >= 0.3 is 0 Å². The highest BCUT2D eigenvalue weighted by Crippen LogP contribution is 2.18. The van der Waals surface area contributed by atoms with Crippen molar-refractivity contribution in [2.75, 3.05) is 22.6 Å². The van der Waals surface area contributed by atoms with E-state index in [-0.39, 0.29) is 22.5 Å². The summed E-state index contributed by atoms with van der Waals surface area (Å²) in [4.78, 5) is 24.4. The van der Waals surface area contributed by atoms with Crippen molar-refractivity contribution < 1.29 is 18.0 Å². The average molecular weight is 407 g/mol. The Labute approximate surface area is 163 Å². The van der Waals surface area contributed by atoms with Crippen LogP contribution in [0.2, 0.25) is 0 Å². The van der Waals surface area contributed by atoms with E-state index < -0.39 is 15.1 Å². The van der Waals surface area contributed by atoms with Crippen LogP contribution < -0.4 is 10.6 Å². The molecule has 8 heteroatoms. The molecular formula is C19H22N2O4S2. The Bertz CT molecular complexity index is 925. The largest absolute Gasteiger partial charge is 0.325 e. The minimum atomic E-state index is -3.34. The van der Waals surface area contributed by atoms with E-state index in [9.17, 15) is 18.0 Å². The number of hydrogen-bond donors (Lipinski definition) is 2. The first kappa shape index (κ1) is 21.0. The SMILES string of the molecule is Cc1ccc(NC(=O)CSC(C)C(=O)Nc2cccc(S(C)(=O)=O)c2)cc1. The Kier molecular flexibility index (Phi) is 7.04. The summed E-state index contributed by atoms with van der Waals surface area (Å²) >= 11 is 1.20. The Morgan fingerprint density at radius 1 is 1.04 bits per heavy atom. The Balaban J connectivity index is 1.86. The second kappa shape index (κ2) is 9.05. The molecule has 0 aliphatic carbocycles. The molecule has 2 N–H and O–H groups in total. The van der Waals surface area contributed by atoms with Gasteiger partial charge in [0.1, 0.15) is 0 Å². The zero-order chi connectivity index (χ0) is 20.0. The zero-order valence-electron chi connectivity index (χ0n) is 15.4. The molecule has 1 unspecified atom stereocenters. The van der Waals surface area contributed by atoms with Crippen molar-refractivity contribution in [1.29, 1.82) is 0 Å². The molecule has 27 heavy (non-hydrogen) atoms. The summed E-state index contributed by atoms with van der Waals surface area (Å²) in [5.41, 5.74) is 2.22. The lowest BCUT2D eigenvalue weighted by molar-refractivity contribution is -0.115. The first-order chi connectivity index (χ1) is 12.6. The molecular weight excluding hydrogens is 384 g/mol. The summed E-state index contributed by atoms with van der Waals surface area (Å²) in [5, 5.41) is 4.98. The molecule has 6 nitrogen and oxygen atoms in total. The van der Waals surface area contributed by atoms with Gasteiger partial charge in [-0.1, -0.05) is 23.8 Å². The van der Waals surface area contributed by atoms with Gasteiger partial charge in [-0.25, -0.2) is 8.42 Å². The molecule has 0 spiro atoms. The third-order valence-corrected chi connectivity index (χ3v) is 5.95. The number of rotatable bonds is 7. The highest BCUT2D eigenvalue weighted by Gasteiger charge is 2.16. The lowest BCUT2D eigenvalue weighted by Gasteiger charge is -2.13.